The first kappa shape index (κ1) is 68.8. The zero-order chi connectivity index (χ0) is 51.4. The van der Waals surface area contributed by atoms with Crippen LogP contribution in [0.25, 0.3) is 0 Å². The summed E-state index contributed by atoms with van der Waals surface area (Å²) >= 11 is 0. The number of nitrogens with one attached hydrogen (secondary N) is 1. The number of aliphatic hydroxyl groups is 2. The van der Waals surface area contributed by atoms with Crippen LogP contribution in [-0.2, 0) is 14.3 Å². The molecule has 0 aromatic heterocycles. The van der Waals surface area contributed by atoms with Gasteiger partial charge in [0.05, 0.1) is 25.4 Å². The topological polar surface area (TPSA) is 95.9 Å². The van der Waals surface area contributed by atoms with Crippen molar-refractivity contribution in [2.24, 2.45) is 0 Å². The third-order valence-corrected chi connectivity index (χ3v) is 14.4. The minimum atomic E-state index is -0.682. The predicted octanol–water partition coefficient (Wildman–Crippen LogP) is 19.7. The number of carbonyl (C=O) groups excluding carboxylic acids is 2. The van der Waals surface area contributed by atoms with Gasteiger partial charge in [0, 0.05) is 12.8 Å². The number of carbonyl (C=O) groups is 2. The number of ether oxygens (including phenoxy) is 1. The van der Waals surface area contributed by atoms with E-state index in [-0.39, 0.29) is 18.5 Å². The summed E-state index contributed by atoms with van der Waals surface area (Å²) in [6.07, 6.45) is 76.9. The van der Waals surface area contributed by atoms with E-state index in [0.29, 0.717) is 25.9 Å². The standard InChI is InChI=1S/C65H121NO5/c1-3-5-7-9-11-13-15-17-19-20-21-22-23-24-25-26-27-30-33-37-41-45-49-53-57-63(68)62(61-67)66-64(69)58-54-50-46-42-38-34-31-28-32-36-40-44-48-52-56-60-71-65(70)59-55-51-47-43-39-35-29-18-16-14-12-10-8-6-4-2/h12,14,18,28-29,32,36,40,62-63,67-68H,3-11,13,15-17,19-27,30-31,33-35,37-39,41-61H2,1-2H3,(H,66,69)/b14-12-,29-18-,32-28-,40-36-. The normalized spacial score (nSPS) is 12.9. The van der Waals surface area contributed by atoms with Gasteiger partial charge in [0.1, 0.15) is 0 Å². The molecule has 6 nitrogen and oxygen atoms in total. The Labute approximate surface area is 442 Å². The lowest BCUT2D eigenvalue weighted by atomic mass is 10.0. The van der Waals surface area contributed by atoms with Crippen molar-refractivity contribution in [2.45, 2.75) is 341 Å². The molecule has 3 N–H and O–H groups in total. The van der Waals surface area contributed by atoms with E-state index in [1.165, 1.54) is 205 Å². The number of aliphatic hydroxyl groups excluding tert-OH is 2. The lowest BCUT2D eigenvalue weighted by Gasteiger charge is -2.22. The van der Waals surface area contributed by atoms with E-state index in [0.717, 1.165) is 89.9 Å². The SMILES string of the molecule is CCCCC/C=C\C/C=C\CCCCCCCC(=O)OCCCCC/C=C\C=C/CCCCCCCCC(=O)NC(CO)C(O)CCCCCCCCCCCCCCCCCCCCCCCCCC. The molecule has 0 aliphatic heterocycles. The molecular weight excluding hydrogens is 875 g/mol. The summed E-state index contributed by atoms with van der Waals surface area (Å²) in [5.41, 5.74) is 0. The molecule has 0 aromatic carbocycles. The molecule has 1 amide bonds. The van der Waals surface area contributed by atoms with Gasteiger partial charge in [-0.1, -0.05) is 274 Å². The average molecular weight is 997 g/mol. The second-order valence-corrected chi connectivity index (χ2v) is 21.4. The number of hydrogen-bond acceptors (Lipinski definition) is 5. The first-order valence-electron chi connectivity index (χ1n) is 31.4. The van der Waals surface area contributed by atoms with Crippen LogP contribution >= 0.6 is 0 Å². The third-order valence-electron chi connectivity index (χ3n) is 14.4. The van der Waals surface area contributed by atoms with Crippen LogP contribution in [0.3, 0.4) is 0 Å². The fourth-order valence-electron chi connectivity index (χ4n) is 9.54. The van der Waals surface area contributed by atoms with Gasteiger partial charge in [0.25, 0.3) is 0 Å². The summed E-state index contributed by atoms with van der Waals surface area (Å²) in [5, 5.41) is 23.4. The highest BCUT2D eigenvalue weighted by molar-refractivity contribution is 5.76. The molecule has 0 aliphatic carbocycles. The lowest BCUT2D eigenvalue weighted by molar-refractivity contribution is -0.143. The van der Waals surface area contributed by atoms with Crippen molar-refractivity contribution in [1.29, 1.82) is 0 Å². The Bertz CT molecular complexity index is 1190. The monoisotopic (exact) mass is 996 g/mol. The largest absolute Gasteiger partial charge is 0.466 e. The summed E-state index contributed by atoms with van der Waals surface area (Å²) < 4.78 is 5.44. The van der Waals surface area contributed by atoms with Gasteiger partial charge in [-0.05, 0) is 89.9 Å². The van der Waals surface area contributed by atoms with E-state index >= 15 is 0 Å². The third kappa shape index (κ3) is 57.0. The van der Waals surface area contributed by atoms with Crippen LogP contribution < -0.4 is 5.32 Å². The average Bonchev–Trinajstić information content (AvgIpc) is 3.37. The summed E-state index contributed by atoms with van der Waals surface area (Å²) in [4.78, 5) is 24.6. The van der Waals surface area contributed by atoms with Gasteiger partial charge < -0.3 is 20.3 Å². The molecule has 0 spiro atoms. The molecule has 6 heteroatoms. The van der Waals surface area contributed by atoms with Crippen molar-refractivity contribution in [3.63, 3.8) is 0 Å². The summed E-state index contributed by atoms with van der Waals surface area (Å²) in [6.45, 7) is 4.88. The summed E-state index contributed by atoms with van der Waals surface area (Å²) in [7, 11) is 0. The molecule has 0 rings (SSSR count). The van der Waals surface area contributed by atoms with E-state index in [9.17, 15) is 19.8 Å². The van der Waals surface area contributed by atoms with Crippen LogP contribution in [0.15, 0.2) is 48.6 Å². The Morgan fingerprint density at radius 2 is 0.746 bits per heavy atom. The van der Waals surface area contributed by atoms with Crippen LogP contribution in [-0.4, -0.2) is 47.4 Å². The van der Waals surface area contributed by atoms with Crippen LogP contribution in [0, 0.1) is 0 Å². The first-order valence-corrected chi connectivity index (χ1v) is 31.4. The molecule has 0 bridgehead atoms. The lowest BCUT2D eigenvalue weighted by Crippen LogP contribution is -2.45. The summed E-state index contributed by atoms with van der Waals surface area (Å²) in [5.74, 6) is -0.0911. The van der Waals surface area contributed by atoms with Gasteiger partial charge in [0.15, 0.2) is 0 Å². The number of hydrogen-bond donors (Lipinski definition) is 3. The number of unbranched alkanes of at least 4 members (excludes halogenated alkanes) is 40. The van der Waals surface area contributed by atoms with Crippen molar-refractivity contribution >= 4 is 11.9 Å². The maximum atomic E-state index is 12.5. The predicted molar refractivity (Wildman–Crippen MR) is 310 cm³/mol. The first-order chi connectivity index (χ1) is 35.0. The zero-order valence-electron chi connectivity index (χ0n) is 47.5. The number of rotatable bonds is 58. The Balaban J connectivity index is 3.51. The van der Waals surface area contributed by atoms with E-state index in [1.807, 2.05) is 0 Å². The van der Waals surface area contributed by atoms with Crippen molar-refractivity contribution in [2.75, 3.05) is 13.2 Å². The van der Waals surface area contributed by atoms with E-state index in [1.54, 1.807) is 0 Å². The molecular formula is C65H121NO5. The van der Waals surface area contributed by atoms with Gasteiger partial charge in [0.2, 0.25) is 5.91 Å². The second kappa shape index (κ2) is 60.4. The quantitative estimate of drug-likeness (QED) is 0.0244. The highest BCUT2D eigenvalue weighted by atomic mass is 16.5. The van der Waals surface area contributed by atoms with E-state index < -0.39 is 12.1 Å². The van der Waals surface area contributed by atoms with Crippen LogP contribution in [0.1, 0.15) is 328 Å². The van der Waals surface area contributed by atoms with Crippen molar-refractivity contribution < 1.29 is 24.5 Å². The molecule has 0 saturated carbocycles. The van der Waals surface area contributed by atoms with E-state index in [4.69, 9.17) is 4.74 Å². The molecule has 0 aliphatic rings. The summed E-state index contributed by atoms with van der Waals surface area (Å²) in [6, 6.07) is -0.561. The number of esters is 1. The molecule has 2 atom stereocenters. The highest BCUT2D eigenvalue weighted by Crippen LogP contribution is 2.17. The van der Waals surface area contributed by atoms with Crippen LogP contribution in [0.4, 0.5) is 0 Å². The van der Waals surface area contributed by atoms with Crippen molar-refractivity contribution in [1.82, 2.24) is 5.32 Å². The maximum absolute atomic E-state index is 12.5. The van der Waals surface area contributed by atoms with Crippen LogP contribution in [0.2, 0.25) is 0 Å². The molecule has 416 valence electrons. The van der Waals surface area contributed by atoms with Crippen molar-refractivity contribution in [3.05, 3.63) is 48.6 Å². The zero-order valence-corrected chi connectivity index (χ0v) is 47.5. The van der Waals surface area contributed by atoms with Gasteiger partial charge >= 0.3 is 5.97 Å². The Morgan fingerprint density at radius 3 is 1.18 bits per heavy atom. The van der Waals surface area contributed by atoms with Gasteiger partial charge in [-0.2, -0.15) is 0 Å². The second-order valence-electron chi connectivity index (χ2n) is 21.4. The molecule has 71 heavy (non-hydrogen) atoms. The molecule has 0 heterocycles. The molecule has 0 aromatic rings. The van der Waals surface area contributed by atoms with Gasteiger partial charge in [-0.3, -0.25) is 9.59 Å². The molecule has 0 fully saturated rings. The Kier molecular flexibility index (Phi) is 58.5. The minimum absolute atomic E-state index is 0.0354. The molecule has 0 radical (unpaired) electrons. The Hall–Kier alpha value is -2.18. The number of amides is 1. The fraction of sp³-hybridized carbons (Fsp3) is 0.846. The van der Waals surface area contributed by atoms with Crippen LogP contribution in [0.5, 0.6) is 0 Å². The van der Waals surface area contributed by atoms with Gasteiger partial charge in [-0.25, -0.2) is 0 Å². The Morgan fingerprint density at radius 1 is 0.408 bits per heavy atom. The fourth-order valence-corrected chi connectivity index (χ4v) is 9.54. The number of allylic oxidation sites excluding steroid dienone is 8. The smallest absolute Gasteiger partial charge is 0.305 e. The van der Waals surface area contributed by atoms with Crippen molar-refractivity contribution in [3.8, 4) is 0 Å². The highest BCUT2D eigenvalue weighted by Gasteiger charge is 2.20. The molecule has 0 saturated heterocycles. The van der Waals surface area contributed by atoms with Gasteiger partial charge in [-0.15, -0.1) is 0 Å². The molecule has 2 unspecified atom stereocenters. The van der Waals surface area contributed by atoms with E-state index in [2.05, 4.69) is 67.8 Å². The minimum Gasteiger partial charge on any atom is -0.466 e. The maximum Gasteiger partial charge on any atom is 0.305 e.